The number of thiazole rings is 1. The van der Waals surface area contributed by atoms with Crippen LogP contribution in [0.2, 0.25) is 0 Å². The van der Waals surface area contributed by atoms with Crippen molar-refractivity contribution in [1.29, 1.82) is 0 Å². The molecule has 0 aliphatic rings. The molecule has 0 spiro atoms. The van der Waals surface area contributed by atoms with Crippen molar-refractivity contribution in [2.24, 2.45) is 0 Å². The lowest BCUT2D eigenvalue weighted by molar-refractivity contribution is 0.0831. The summed E-state index contributed by atoms with van der Waals surface area (Å²) < 4.78 is 32.5. The van der Waals surface area contributed by atoms with E-state index in [0.29, 0.717) is 21.9 Å². The van der Waals surface area contributed by atoms with Crippen LogP contribution in [0.1, 0.15) is 20.9 Å². The number of hydrogen-bond acceptors (Lipinski definition) is 6. The topological polar surface area (TPSA) is 88.6 Å². The van der Waals surface area contributed by atoms with Crippen LogP contribution in [0, 0.1) is 13.8 Å². The monoisotopic (exact) mass is 369 g/mol. The molecule has 0 aliphatic heterocycles. The molecule has 0 saturated carbocycles. The molecule has 0 unspecified atom stereocenters. The number of nitrogens with one attached hydrogen (secondary N) is 1. The van der Waals surface area contributed by atoms with E-state index in [4.69, 9.17) is 4.74 Å². The molecule has 24 heavy (non-hydrogen) atoms. The highest BCUT2D eigenvalue weighted by Crippen LogP contribution is 2.27. The standard InChI is InChI=1S/C15H19N3O4S2/c1-9-8-11(6-7-12(9)22-5)24(20,21)17-15-16-10(2)13(23-15)14(19)18(3)4/h6-8H,1-5H3,(H,16,17). The van der Waals surface area contributed by atoms with Gasteiger partial charge >= 0.3 is 0 Å². The fourth-order valence-corrected chi connectivity index (χ4v) is 4.34. The van der Waals surface area contributed by atoms with Crippen molar-refractivity contribution in [2.45, 2.75) is 18.7 Å². The van der Waals surface area contributed by atoms with Gasteiger partial charge in [0.2, 0.25) is 0 Å². The summed E-state index contributed by atoms with van der Waals surface area (Å²) in [5.41, 5.74) is 1.20. The molecule has 1 amide bonds. The zero-order chi connectivity index (χ0) is 18.1. The number of nitrogens with zero attached hydrogens (tertiary/aromatic N) is 2. The zero-order valence-corrected chi connectivity index (χ0v) is 15.7. The van der Waals surface area contributed by atoms with Crippen LogP contribution in [0.3, 0.4) is 0 Å². The van der Waals surface area contributed by atoms with Crippen LogP contribution < -0.4 is 9.46 Å². The summed E-state index contributed by atoms with van der Waals surface area (Å²) >= 11 is 1.01. The molecule has 0 aliphatic carbocycles. The molecule has 0 saturated heterocycles. The van der Waals surface area contributed by atoms with E-state index in [2.05, 4.69) is 9.71 Å². The van der Waals surface area contributed by atoms with Crippen LogP contribution in [0.15, 0.2) is 23.1 Å². The summed E-state index contributed by atoms with van der Waals surface area (Å²) in [6, 6.07) is 4.58. The average molecular weight is 369 g/mol. The van der Waals surface area contributed by atoms with Crippen molar-refractivity contribution in [3.05, 3.63) is 34.3 Å². The summed E-state index contributed by atoms with van der Waals surface area (Å²) in [7, 11) is 0.992. The van der Waals surface area contributed by atoms with E-state index >= 15 is 0 Å². The molecule has 1 aromatic heterocycles. The third-order valence-electron chi connectivity index (χ3n) is 3.30. The maximum atomic E-state index is 12.5. The Labute approximate surface area is 145 Å². The summed E-state index contributed by atoms with van der Waals surface area (Å²) in [5, 5.41) is 0.158. The first kappa shape index (κ1) is 18.2. The van der Waals surface area contributed by atoms with Crippen LogP contribution in [0.25, 0.3) is 0 Å². The normalized spacial score (nSPS) is 11.2. The van der Waals surface area contributed by atoms with Crippen LogP contribution in [0.4, 0.5) is 5.13 Å². The quantitative estimate of drug-likeness (QED) is 0.873. The van der Waals surface area contributed by atoms with Crippen molar-refractivity contribution >= 4 is 32.4 Å². The van der Waals surface area contributed by atoms with E-state index in [-0.39, 0.29) is 15.9 Å². The van der Waals surface area contributed by atoms with Crippen molar-refractivity contribution in [1.82, 2.24) is 9.88 Å². The number of rotatable bonds is 5. The first-order valence-electron chi connectivity index (χ1n) is 7.02. The molecule has 130 valence electrons. The minimum atomic E-state index is -3.79. The molecular weight excluding hydrogens is 350 g/mol. The summed E-state index contributed by atoms with van der Waals surface area (Å²) in [4.78, 5) is 18.1. The Hall–Kier alpha value is -2.13. The molecule has 0 fully saturated rings. The Morgan fingerprint density at radius 2 is 1.96 bits per heavy atom. The molecule has 7 nitrogen and oxygen atoms in total. The number of methoxy groups -OCH3 is 1. The van der Waals surface area contributed by atoms with E-state index in [0.717, 1.165) is 11.3 Å². The molecule has 2 aromatic rings. The van der Waals surface area contributed by atoms with E-state index < -0.39 is 10.0 Å². The van der Waals surface area contributed by atoms with Gasteiger partial charge in [-0.3, -0.25) is 9.52 Å². The highest BCUT2D eigenvalue weighted by Gasteiger charge is 2.21. The Balaban J connectivity index is 2.31. The maximum absolute atomic E-state index is 12.5. The van der Waals surface area contributed by atoms with Crippen molar-refractivity contribution in [3.63, 3.8) is 0 Å². The second-order valence-electron chi connectivity index (χ2n) is 5.37. The summed E-state index contributed by atoms with van der Waals surface area (Å²) in [6.45, 7) is 3.43. The molecule has 1 aromatic carbocycles. The van der Waals surface area contributed by atoms with Crippen molar-refractivity contribution in [3.8, 4) is 5.75 Å². The van der Waals surface area contributed by atoms with Crippen LogP contribution in [-0.4, -0.2) is 45.4 Å². The van der Waals surface area contributed by atoms with E-state index in [1.165, 1.54) is 24.1 Å². The fraction of sp³-hybridized carbons (Fsp3) is 0.333. The predicted molar refractivity (Wildman–Crippen MR) is 93.4 cm³/mol. The predicted octanol–water partition coefficient (Wildman–Crippen LogP) is 2.27. The largest absolute Gasteiger partial charge is 0.496 e. The molecule has 0 bridgehead atoms. The minimum absolute atomic E-state index is 0.106. The number of aryl methyl sites for hydroxylation is 2. The minimum Gasteiger partial charge on any atom is -0.496 e. The number of sulfonamides is 1. The van der Waals surface area contributed by atoms with Gasteiger partial charge in [0.25, 0.3) is 15.9 Å². The van der Waals surface area contributed by atoms with Gasteiger partial charge in [-0.15, -0.1) is 0 Å². The first-order chi connectivity index (χ1) is 11.2. The van der Waals surface area contributed by atoms with Gasteiger partial charge in [-0.1, -0.05) is 11.3 Å². The van der Waals surface area contributed by atoms with Gasteiger partial charge in [-0.05, 0) is 37.6 Å². The Bertz CT molecular complexity index is 873. The Morgan fingerprint density at radius 3 is 2.50 bits per heavy atom. The average Bonchev–Trinajstić information content (AvgIpc) is 2.85. The van der Waals surface area contributed by atoms with Crippen LogP contribution >= 0.6 is 11.3 Å². The van der Waals surface area contributed by atoms with E-state index in [1.54, 1.807) is 34.0 Å². The molecule has 2 rings (SSSR count). The van der Waals surface area contributed by atoms with Gasteiger partial charge in [-0.2, -0.15) is 0 Å². The first-order valence-corrected chi connectivity index (χ1v) is 9.32. The van der Waals surface area contributed by atoms with Gasteiger partial charge < -0.3 is 9.64 Å². The summed E-state index contributed by atoms with van der Waals surface area (Å²) in [6.07, 6.45) is 0. The third kappa shape index (κ3) is 3.68. The maximum Gasteiger partial charge on any atom is 0.265 e. The number of ether oxygens (including phenoxy) is 1. The SMILES string of the molecule is COc1ccc(S(=O)(=O)Nc2nc(C)c(C(=O)N(C)C)s2)cc1C. The second-order valence-corrected chi connectivity index (χ2v) is 8.05. The van der Waals surface area contributed by atoms with Gasteiger partial charge in [0.15, 0.2) is 5.13 Å². The molecule has 9 heteroatoms. The highest BCUT2D eigenvalue weighted by atomic mass is 32.2. The second kappa shape index (κ2) is 6.78. The highest BCUT2D eigenvalue weighted by molar-refractivity contribution is 7.93. The number of aromatic nitrogens is 1. The number of anilines is 1. The van der Waals surface area contributed by atoms with Gasteiger partial charge in [0.1, 0.15) is 10.6 Å². The molecular formula is C15H19N3O4S2. The molecule has 1 heterocycles. The number of carbonyl (C=O) groups is 1. The van der Waals surface area contributed by atoms with Crippen molar-refractivity contribution in [2.75, 3.05) is 25.9 Å². The third-order valence-corrected chi connectivity index (χ3v) is 5.82. The molecule has 1 N–H and O–H groups in total. The van der Waals surface area contributed by atoms with Crippen molar-refractivity contribution < 1.29 is 17.9 Å². The number of hydrogen-bond donors (Lipinski definition) is 1. The van der Waals surface area contributed by atoms with Crippen LogP contribution in [0.5, 0.6) is 5.75 Å². The van der Waals surface area contributed by atoms with Gasteiger partial charge in [0.05, 0.1) is 17.7 Å². The Kier molecular flexibility index (Phi) is 5.14. The lowest BCUT2D eigenvalue weighted by Gasteiger charge is -2.09. The fourth-order valence-electron chi connectivity index (χ4n) is 2.03. The lowest BCUT2D eigenvalue weighted by atomic mass is 10.2. The number of benzene rings is 1. The van der Waals surface area contributed by atoms with Gasteiger partial charge in [-0.25, -0.2) is 13.4 Å². The number of carbonyl (C=O) groups excluding carboxylic acids is 1. The zero-order valence-electron chi connectivity index (χ0n) is 14.1. The van der Waals surface area contributed by atoms with E-state index in [9.17, 15) is 13.2 Å². The molecule has 0 atom stereocenters. The number of amides is 1. The lowest BCUT2D eigenvalue weighted by Crippen LogP contribution is -2.21. The van der Waals surface area contributed by atoms with Gasteiger partial charge in [0, 0.05) is 14.1 Å². The smallest absolute Gasteiger partial charge is 0.265 e. The van der Waals surface area contributed by atoms with E-state index in [1.807, 2.05) is 0 Å². The Morgan fingerprint density at radius 1 is 1.29 bits per heavy atom. The van der Waals surface area contributed by atoms with Crippen LogP contribution in [-0.2, 0) is 10.0 Å². The molecule has 0 radical (unpaired) electrons. The summed E-state index contributed by atoms with van der Waals surface area (Å²) in [5.74, 6) is 0.397.